The van der Waals surface area contributed by atoms with Crippen molar-refractivity contribution in [3.63, 3.8) is 0 Å². The van der Waals surface area contributed by atoms with Crippen molar-refractivity contribution in [1.82, 2.24) is 14.8 Å². The summed E-state index contributed by atoms with van der Waals surface area (Å²) in [5.41, 5.74) is 3.20. The first-order valence-electron chi connectivity index (χ1n) is 8.04. The number of rotatable bonds is 4. The zero-order valence-electron chi connectivity index (χ0n) is 14.7. The average molecular weight is 357 g/mol. The lowest BCUT2D eigenvalue weighted by molar-refractivity contribution is -0.116. The third kappa shape index (κ3) is 3.69. The zero-order valence-corrected chi connectivity index (χ0v) is 15.5. The van der Waals surface area contributed by atoms with E-state index in [2.05, 4.69) is 30.9 Å². The molecule has 0 bridgehead atoms. The van der Waals surface area contributed by atoms with E-state index in [4.69, 9.17) is 0 Å². The number of carbonyl (C=O) groups is 1. The summed E-state index contributed by atoms with van der Waals surface area (Å²) in [6, 6.07) is 6.40. The number of benzene rings is 1. The fourth-order valence-corrected chi connectivity index (χ4v) is 3.50. The fourth-order valence-electron chi connectivity index (χ4n) is 2.67. The molecule has 2 heterocycles. The molecule has 0 N–H and O–H groups in total. The minimum atomic E-state index is -0.273. The Hall–Kier alpha value is -2.34. The topological polar surface area (TPSA) is 47.8 Å². The molecule has 0 saturated heterocycles. The summed E-state index contributed by atoms with van der Waals surface area (Å²) in [6.45, 7) is 7.76. The maximum atomic E-state index is 13.3. The maximum Gasteiger partial charge on any atom is 0.135 e. The van der Waals surface area contributed by atoms with Gasteiger partial charge in [0.15, 0.2) is 0 Å². The third-order valence-electron chi connectivity index (χ3n) is 3.73. The Bertz CT molecular complexity index is 904. The van der Waals surface area contributed by atoms with Gasteiger partial charge < -0.3 is 0 Å². The molecule has 4 nitrogen and oxygen atoms in total. The molecule has 0 spiro atoms. The van der Waals surface area contributed by atoms with E-state index in [0.29, 0.717) is 6.42 Å². The summed E-state index contributed by atoms with van der Waals surface area (Å²) in [6.07, 6.45) is 2.12. The van der Waals surface area contributed by atoms with E-state index in [0.717, 1.165) is 27.5 Å². The Morgan fingerprint density at radius 1 is 1.24 bits per heavy atom. The van der Waals surface area contributed by atoms with Gasteiger partial charge in [-0.15, -0.1) is 11.3 Å². The molecular formula is C19H20FN3OS. The zero-order chi connectivity index (χ0) is 18.2. The van der Waals surface area contributed by atoms with Gasteiger partial charge in [-0.2, -0.15) is 5.10 Å². The number of hydrogen-bond donors (Lipinski definition) is 0. The van der Waals surface area contributed by atoms with Gasteiger partial charge in [0.25, 0.3) is 0 Å². The smallest absolute Gasteiger partial charge is 0.135 e. The highest BCUT2D eigenvalue weighted by molar-refractivity contribution is 7.13. The molecule has 25 heavy (non-hydrogen) atoms. The molecule has 1 aromatic carbocycles. The molecule has 0 unspecified atom stereocenters. The van der Waals surface area contributed by atoms with Crippen LogP contribution in [0.1, 0.15) is 33.4 Å². The lowest BCUT2D eigenvalue weighted by atomic mass is 10.0. The highest BCUT2D eigenvalue weighted by atomic mass is 32.1. The van der Waals surface area contributed by atoms with Crippen molar-refractivity contribution in [2.24, 2.45) is 0 Å². The standard InChI is InChI=1S/C19H20FN3OS/c1-12(24)9-15-11-25-18(22-15)16-10-21-23(19(2,3)4)17(16)13-5-7-14(20)8-6-13/h5-8,10-11H,9H2,1-4H3. The molecule has 130 valence electrons. The molecule has 3 aromatic rings. The maximum absolute atomic E-state index is 13.3. The fraction of sp³-hybridized carbons (Fsp3) is 0.316. The molecule has 0 radical (unpaired) electrons. The normalized spacial score (nSPS) is 11.7. The van der Waals surface area contributed by atoms with Gasteiger partial charge in [0, 0.05) is 17.4 Å². The highest BCUT2D eigenvalue weighted by Gasteiger charge is 2.24. The SMILES string of the molecule is CC(=O)Cc1csc(-c2cnn(C(C)(C)C)c2-c2ccc(F)cc2)n1. The summed E-state index contributed by atoms with van der Waals surface area (Å²) in [5.74, 6) is -0.189. The second-order valence-electron chi connectivity index (χ2n) is 7.02. The molecule has 0 fully saturated rings. The molecule has 0 aliphatic heterocycles. The Labute approximate surface area is 150 Å². The molecule has 0 aliphatic rings. The Morgan fingerprint density at radius 2 is 1.92 bits per heavy atom. The number of hydrogen-bond acceptors (Lipinski definition) is 4. The molecule has 6 heteroatoms. The highest BCUT2D eigenvalue weighted by Crippen LogP contribution is 2.36. The Balaban J connectivity index is 2.14. The van der Waals surface area contributed by atoms with Crippen molar-refractivity contribution in [3.05, 3.63) is 47.4 Å². The molecule has 3 rings (SSSR count). The summed E-state index contributed by atoms with van der Waals surface area (Å²) < 4.78 is 15.3. The quantitative estimate of drug-likeness (QED) is 0.680. The minimum absolute atomic E-state index is 0.0843. The average Bonchev–Trinajstić information content (AvgIpc) is 3.13. The van der Waals surface area contributed by atoms with Crippen LogP contribution in [-0.2, 0) is 16.8 Å². The summed E-state index contributed by atoms with van der Waals surface area (Å²) in [4.78, 5) is 15.9. The van der Waals surface area contributed by atoms with Gasteiger partial charge in [-0.1, -0.05) is 0 Å². The van der Waals surface area contributed by atoms with Crippen LogP contribution in [0.25, 0.3) is 21.8 Å². The minimum Gasteiger partial charge on any atom is -0.300 e. The van der Waals surface area contributed by atoms with E-state index in [-0.39, 0.29) is 17.1 Å². The van der Waals surface area contributed by atoms with E-state index in [1.165, 1.54) is 23.5 Å². The number of halogens is 1. The van der Waals surface area contributed by atoms with Crippen molar-refractivity contribution < 1.29 is 9.18 Å². The van der Waals surface area contributed by atoms with Crippen LogP contribution in [0.3, 0.4) is 0 Å². The molecule has 0 saturated carbocycles. The van der Waals surface area contributed by atoms with E-state index in [1.54, 1.807) is 25.3 Å². The Morgan fingerprint density at radius 3 is 2.52 bits per heavy atom. The van der Waals surface area contributed by atoms with Crippen molar-refractivity contribution in [3.8, 4) is 21.8 Å². The lowest BCUT2D eigenvalue weighted by Gasteiger charge is -2.23. The van der Waals surface area contributed by atoms with Gasteiger partial charge in [0.05, 0.1) is 28.7 Å². The number of nitrogens with zero attached hydrogens (tertiary/aromatic N) is 3. The first-order valence-corrected chi connectivity index (χ1v) is 8.92. The summed E-state index contributed by atoms with van der Waals surface area (Å²) >= 11 is 1.49. The lowest BCUT2D eigenvalue weighted by Crippen LogP contribution is -2.24. The molecule has 0 atom stereocenters. The Kier molecular flexibility index (Phi) is 4.56. The first kappa shape index (κ1) is 17.5. The van der Waals surface area contributed by atoms with E-state index in [9.17, 15) is 9.18 Å². The van der Waals surface area contributed by atoms with Gasteiger partial charge in [-0.05, 0) is 52.0 Å². The van der Waals surface area contributed by atoms with Crippen molar-refractivity contribution in [1.29, 1.82) is 0 Å². The van der Waals surface area contributed by atoms with Crippen molar-refractivity contribution in [2.75, 3.05) is 0 Å². The van der Waals surface area contributed by atoms with Crippen LogP contribution < -0.4 is 0 Å². The molecular weight excluding hydrogens is 337 g/mol. The van der Waals surface area contributed by atoms with Crippen LogP contribution in [0.2, 0.25) is 0 Å². The molecule has 0 amide bonds. The van der Waals surface area contributed by atoms with Crippen LogP contribution in [0, 0.1) is 5.82 Å². The second-order valence-corrected chi connectivity index (χ2v) is 7.88. The number of thiazole rings is 1. The number of Topliss-reactive ketones (excluding diaryl/α,β-unsaturated/α-hetero) is 1. The molecule has 0 aliphatic carbocycles. The van der Waals surface area contributed by atoms with Crippen LogP contribution in [0.15, 0.2) is 35.8 Å². The largest absolute Gasteiger partial charge is 0.300 e. The van der Waals surface area contributed by atoms with Gasteiger partial charge in [0.1, 0.15) is 16.6 Å². The van der Waals surface area contributed by atoms with E-state index in [1.807, 2.05) is 10.1 Å². The first-order chi connectivity index (χ1) is 11.8. The van der Waals surface area contributed by atoms with Crippen molar-refractivity contribution >= 4 is 17.1 Å². The van der Waals surface area contributed by atoms with Crippen LogP contribution in [0.5, 0.6) is 0 Å². The predicted octanol–water partition coefficient (Wildman–Crippen LogP) is 4.70. The van der Waals surface area contributed by atoms with Gasteiger partial charge in [-0.25, -0.2) is 9.37 Å². The third-order valence-corrected chi connectivity index (χ3v) is 4.66. The van der Waals surface area contributed by atoms with Gasteiger partial charge in [0.2, 0.25) is 0 Å². The van der Waals surface area contributed by atoms with Gasteiger partial charge >= 0.3 is 0 Å². The van der Waals surface area contributed by atoms with E-state index >= 15 is 0 Å². The van der Waals surface area contributed by atoms with E-state index < -0.39 is 0 Å². The van der Waals surface area contributed by atoms with Gasteiger partial charge in [-0.3, -0.25) is 9.48 Å². The summed E-state index contributed by atoms with van der Waals surface area (Å²) in [7, 11) is 0. The van der Waals surface area contributed by atoms with Crippen LogP contribution in [0.4, 0.5) is 4.39 Å². The van der Waals surface area contributed by atoms with Crippen LogP contribution >= 0.6 is 11.3 Å². The number of aromatic nitrogens is 3. The monoisotopic (exact) mass is 357 g/mol. The van der Waals surface area contributed by atoms with Crippen LogP contribution in [-0.4, -0.2) is 20.5 Å². The summed E-state index contributed by atoms with van der Waals surface area (Å²) in [5, 5.41) is 7.27. The molecule has 2 aromatic heterocycles. The number of carbonyl (C=O) groups excluding carboxylic acids is 1. The second kappa shape index (κ2) is 6.52. The number of ketones is 1. The predicted molar refractivity (Wildman–Crippen MR) is 98.1 cm³/mol. The van der Waals surface area contributed by atoms with Crippen molar-refractivity contribution in [2.45, 2.75) is 39.7 Å².